The molecule has 3 nitrogen and oxygen atoms in total. The van der Waals surface area contributed by atoms with Crippen molar-refractivity contribution >= 4 is 17.5 Å². The van der Waals surface area contributed by atoms with Crippen LogP contribution in [0, 0.1) is 5.92 Å². The maximum atomic E-state index is 11.9. The van der Waals surface area contributed by atoms with Gasteiger partial charge in [-0.2, -0.15) is 0 Å². The van der Waals surface area contributed by atoms with Crippen molar-refractivity contribution in [3.05, 3.63) is 34.9 Å². The zero-order valence-electron chi connectivity index (χ0n) is 13.5. The van der Waals surface area contributed by atoms with Gasteiger partial charge in [-0.3, -0.25) is 10.1 Å². The van der Waals surface area contributed by atoms with Gasteiger partial charge in [-0.15, -0.1) is 0 Å². The molecule has 0 aliphatic rings. The minimum absolute atomic E-state index is 0.0453. The standard InChI is InChI=1S/C17H27ClN2O/c1-5-17(6-2,14-7-9-15(18)10-8-14)20-12-16(21)19-11-13(3)4/h7-10,13,20H,5-6,11-12H2,1-4H3,(H,19,21). The molecular formula is C17H27ClN2O. The number of hydrogen-bond acceptors (Lipinski definition) is 2. The SMILES string of the molecule is CCC(CC)(NCC(=O)NCC(C)C)c1ccc(Cl)cc1. The van der Waals surface area contributed by atoms with E-state index < -0.39 is 0 Å². The normalized spacial score (nSPS) is 11.7. The fraction of sp³-hybridized carbons (Fsp3) is 0.588. The average Bonchev–Trinajstić information content (AvgIpc) is 2.48. The minimum Gasteiger partial charge on any atom is -0.355 e. The predicted octanol–water partition coefficient (Wildman–Crippen LogP) is 3.72. The largest absolute Gasteiger partial charge is 0.355 e. The predicted molar refractivity (Wildman–Crippen MR) is 89.6 cm³/mol. The number of benzene rings is 1. The first-order valence-electron chi connectivity index (χ1n) is 7.71. The molecule has 0 aromatic heterocycles. The molecule has 0 unspecified atom stereocenters. The van der Waals surface area contributed by atoms with Crippen LogP contribution < -0.4 is 10.6 Å². The van der Waals surface area contributed by atoms with Crippen LogP contribution in [0.25, 0.3) is 0 Å². The van der Waals surface area contributed by atoms with E-state index in [2.05, 4.69) is 38.3 Å². The van der Waals surface area contributed by atoms with Crippen LogP contribution in [0.15, 0.2) is 24.3 Å². The summed E-state index contributed by atoms with van der Waals surface area (Å²) in [5.74, 6) is 0.510. The number of halogens is 1. The summed E-state index contributed by atoms with van der Waals surface area (Å²) in [6, 6.07) is 7.87. The molecule has 0 bridgehead atoms. The van der Waals surface area contributed by atoms with Gasteiger partial charge in [0.2, 0.25) is 5.91 Å². The van der Waals surface area contributed by atoms with E-state index in [4.69, 9.17) is 11.6 Å². The van der Waals surface area contributed by atoms with Crippen molar-refractivity contribution in [3.8, 4) is 0 Å². The second kappa shape index (κ2) is 8.40. The molecule has 0 aliphatic heterocycles. The van der Waals surface area contributed by atoms with Crippen LogP contribution in [0.1, 0.15) is 46.1 Å². The van der Waals surface area contributed by atoms with Crippen LogP contribution in [0.3, 0.4) is 0 Å². The van der Waals surface area contributed by atoms with Gasteiger partial charge in [0.25, 0.3) is 0 Å². The number of carbonyl (C=O) groups excluding carboxylic acids is 1. The van der Waals surface area contributed by atoms with E-state index in [0.29, 0.717) is 19.0 Å². The zero-order valence-corrected chi connectivity index (χ0v) is 14.3. The molecule has 1 amide bonds. The van der Waals surface area contributed by atoms with Crippen LogP contribution >= 0.6 is 11.6 Å². The Kier molecular flexibility index (Phi) is 7.20. The molecule has 4 heteroatoms. The van der Waals surface area contributed by atoms with Crippen molar-refractivity contribution in [2.24, 2.45) is 5.92 Å². The Labute approximate surface area is 133 Å². The molecule has 118 valence electrons. The Morgan fingerprint density at radius 2 is 1.76 bits per heavy atom. The summed E-state index contributed by atoms with van der Waals surface area (Å²) in [6.07, 6.45) is 1.84. The number of carbonyl (C=O) groups is 1. The Hall–Kier alpha value is -1.06. The van der Waals surface area contributed by atoms with E-state index in [-0.39, 0.29) is 11.4 Å². The summed E-state index contributed by atoms with van der Waals surface area (Å²) in [4.78, 5) is 11.9. The summed E-state index contributed by atoms with van der Waals surface area (Å²) in [5.41, 5.74) is 0.994. The van der Waals surface area contributed by atoms with Crippen LogP contribution in [0.2, 0.25) is 5.02 Å². The highest BCUT2D eigenvalue weighted by atomic mass is 35.5. The van der Waals surface area contributed by atoms with Gasteiger partial charge in [-0.1, -0.05) is 51.4 Å². The van der Waals surface area contributed by atoms with E-state index in [1.165, 1.54) is 5.56 Å². The van der Waals surface area contributed by atoms with Gasteiger partial charge < -0.3 is 5.32 Å². The van der Waals surface area contributed by atoms with Crippen LogP contribution in [0.5, 0.6) is 0 Å². The van der Waals surface area contributed by atoms with E-state index in [9.17, 15) is 4.79 Å². The van der Waals surface area contributed by atoms with Crippen LogP contribution in [0.4, 0.5) is 0 Å². The first-order chi connectivity index (χ1) is 9.93. The number of nitrogens with one attached hydrogen (secondary N) is 2. The second-order valence-corrected chi connectivity index (χ2v) is 6.28. The van der Waals surface area contributed by atoms with Crippen LogP contribution in [-0.2, 0) is 10.3 Å². The summed E-state index contributed by atoms with van der Waals surface area (Å²) in [6.45, 7) is 9.49. The highest BCUT2D eigenvalue weighted by Gasteiger charge is 2.28. The van der Waals surface area contributed by atoms with Crippen molar-refractivity contribution in [1.82, 2.24) is 10.6 Å². The molecule has 0 radical (unpaired) electrons. The lowest BCUT2D eigenvalue weighted by Crippen LogP contribution is -2.47. The summed E-state index contributed by atoms with van der Waals surface area (Å²) in [5, 5.41) is 7.11. The summed E-state index contributed by atoms with van der Waals surface area (Å²) in [7, 11) is 0. The number of rotatable bonds is 8. The summed E-state index contributed by atoms with van der Waals surface area (Å²) < 4.78 is 0. The van der Waals surface area contributed by atoms with Gasteiger partial charge in [-0.25, -0.2) is 0 Å². The van der Waals surface area contributed by atoms with E-state index in [1.807, 2.05) is 24.3 Å². The molecule has 0 saturated heterocycles. The van der Waals surface area contributed by atoms with Crippen molar-refractivity contribution in [2.75, 3.05) is 13.1 Å². The lowest BCUT2D eigenvalue weighted by Gasteiger charge is -2.33. The molecule has 0 heterocycles. The Morgan fingerprint density at radius 3 is 2.24 bits per heavy atom. The van der Waals surface area contributed by atoms with Crippen LogP contribution in [-0.4, -0.2) is 19.0 Å². The van der Waals surface area contributed by atoms with Gasteiger partial charge in [0, 0.05) is 17.1 Å². The molecule has 1 aromatic rings. The van der Waals surface area contributed by atoms with Gasteiger partial charge >= 0.3 is 0 Å². The average molecular weight is 311 g/mol. The van der Waals surface area contributed by atoms with Gasteiger partial charge in [-0.05, 0) is 36.5 Å². The third kappa shape index (κ3) is 5.33. The first kappa shape index (κ1) is 18.0. The highest BCUT2D eigenvalue weighted by molar-refractivity contribution is 6.30. The molecular weight excluding hydrogens is 284 g/mol. The number of amides is 1. The van der Waals surface area contributed by atoms with Crippen molar-refractivity contribution in [1.29, 1.82) is 0 Å². The molecule has 0 fully saturated rings. The maximum Gasteiger partial charge on any atom is 0.233 e. The summed E-state index contributed by atoms with van der Waals surface area (Å²) >= 11 is 5.96. The monoisotopic (exact) mass is 310 g/mol. The molecule has 0 saturated carbocycles. The Balaban J connectivity index is 2.72. The van der Waals surface area contributed by atoms with Crippen molar-refractivity contribution in [2.45, 2.75) is 46.1 Å². The van der Waals surface area contributed by atoms with Gasteiger partial charge in [0.15, 0.2) is 0 Å². The quantitative estimate of drug-likeness (QED) is 0.768. The lowest BCUT2D eigenvalue weighted by molar-refractivity contribution is -0.120. The molecule has 0 aliphatic carbocycles. The zero-order chi connectivity index (χ0) is 15.9. The topological polar surface area (TPSA) is 41.1 Å². The minimum atomic E-state index is -0.181. The van der Waals surface area contributed by atoms with E-state index >= 15 is 0 Å². The third-order valence-electron chi connectivity index (χ3n) is 3.90. The molecule has 21 heavy (non-hydrogen) atoms. The molecule has 1 aromatic carbocycles. The first-order valence-corrected chi connectivity index (χ1v) is 8.09. The Morgan fingerprint density at radius 1 is 1.19 bits per heavy atom. The maximum absolute atomic E-state index is 11.9. The van der Waals surface area contributed by atoms with Crippen molar-refractivity contribution in [3.63, 3.8) is 0 Å². The Bertz CT molecular complexity index is 439. The molecule has 0 spiro atoms. The molecule has 1 rings (SSSR count). The smallest absolute Gasteiger partial charge is 0.233 e. The number of hydrogen-bond donors (Lipinski definition) is 2. The third-order valence-corrected chi connectivity index (χ3v) is 4.15. The van der Waals surface area contributed by atoms with E-state index in [0.717, 1.165) is 17.9 Å². The fourth-order valence-corrected chi connectivity index (χ4v) is 2.54. The van der Waals surface area contributed by atoms with Crippen molar-refractivity contribution < 1.29 is 4.79 Å². The fourth-order valence-electron chi connectivity index (χ4n) is 2.41. The van der Waals surface area contributed by atoms with Gasteiger partial charge in [0.1, 0.15) is 0 Å². The highest BCUT2D eigenvalue weighted by Crippen LogP contribution is 2.29. The molecule has 2 N–H and O–H groups in total. The lowest BCUT2D eigenvalue weighted by atomic mass is 9.84. The van der Waals surface area contributed by atoms with Gasteiger partial charge in [0.05, 0.1) is 6.54 Å². The van der Waals surface area contributed by atoms with E-state index in [1.54, 1.807) is 0 Å². The second-order valence-electron chi connectivity index (χ2n) is 5.85. The molecule has 0 atom stereocenters.